The van der Waals surface area contributed by atoms with E-state index in [1.54, 1.807) is 13.8 Å². The lowest BCUT2D eigenvalue weighted by atomic mass is 9.69. The third-order valence-electron chi connectivity index (χ3n) is 4.46. The lowest BCUT2D eigenvalue weighted by Gasteiger charge is -2.45. The zero-order chi connectivity index (χ0) is 16.3. The normalized spacial score (nSPS) is 33.8. The molecule has 0 saturated heterocycles. The number of rotatable bonds is 6. The van der Waals surface area contributed by atoms with Crippen LogP contribution in [0.5, 0.6) is 0 Å². The molecule has 124 valence electrons. The van der Waals surface area contributed by atoms with E-state index in [0.29, 0.717) is 25.8 Å². The van der Waals surface area contributed by atoms with Crippen LogP contribution in [0.3, 0.4) is 0 Å². The molecule has 1 rings (SSSR count). The van der Waals surface area contributed by atoms with Gasteiger partial charge in [0.1, 0.15) is 0 Å². The summed E-state index contributed by atoms with van der Waals surface area (Å²) in [5.41, 5.74) is -2.47. The molecular weight excluding hydrogens is 294 g/mol. The van der Waals surface area contributed by atoms with Crippen molar-refractivity contribution in [2.75, 3.05) is 13.7 Å². The Balaban J connectivity index is 2.37. The van der Waals surface area contributed by atoms with E-state index < -0.39 is 20.0 Å². The summed E-state index contributed by atoms with van der Waals surface area (Å²) in [5, 5.41) is 23.0. The zero-order valence-electron chi connectivity index (χ0n) is 12.9. The smallest absolute Gasteiger partial charge is 0.390 e. The van der Waals surface area contributed by atoms with Crippen LogP contribution in [-0.2, 0) is 9.22 Å². The monoisotopic (exact) mass is 321 g/mol. The van der Waals surface area contributed by atoms with Gasteiger partial charge in [-0.2, -0.15) is 0 Å². The Labute approximate surface area is 126 Å². The SMILES string of the molecule is CO[Si](O)(O)CCCNC(=O)C1CCC(C)(O)C(C)(O)C1. The van der Waals surface area contributed by atoms with Gasteiger partial charge in [0.15, 0.2) is 0 Å². The molecule has 21 heavy (non-hydrogen) atoms. The van der Waals surface area contributed by atoms with E-state index >= 15 is 0 Å². The highest BCUT2D eigenvalue weighted by atomic mass is 28.4. The highest BCUT2D eigenvalue weighted by molar-refractivity contribution is 6.57. The van der Waals surface area contributed by atoms with E-state index in [-0.39, 0.29) is 24.3 Å². The molecule has 0 aliphatic heterocycles. The third-order valence-corrected chi connectivity index (χ3v) is 6.12. The Kier molecular flexibility index (Phi) is 5.93. The van der Waals surface area contributed by atoms with Crippen molar-refractivity contribution in [1.29, 1.82) is 0 Å². The van der Waals surface area contributed by atoms with Crippen molar-refractivity contribution in [1.82, 2.24) is 5.32 Å². The molecule has 0 heterocycles. The molecule has 1 aliphatic carbocycles. The average molecular weight is 321 g/mol. The van der Waals surface area contributed by atoms with Gasteiger partial charge in [0.2, 0.25) is 5.91 Å². The first-order chi connectivity index (χ1) is 9.51. The summed E-state index contributed by atoms with van der Waals surface area (Å²) in [6, 6.07) is 0.126. The molecule has 0 spiro atoms. The van der Waals surface area contributed by atoms with E-state index in [1.165, 1.54) is 7.11 Å². The number of hydrogen-bond acceptors (Lipinski definition) is 6. The van der Waals surface area contributed by atoms with E-state index in [2.05, 4.69) is 9.74 Å². The highest BCUT2D eigenvalue weighted by Crippen LogP contribution is 2.39. The maximum atomic E-state index is 12.0. The number of hydrogen-bond donors (Lipinski definition) is 5. The van der Waals surface area contributed by atoms with Gasteiger partial charge in [-0.15, -0.1) is 0 Å². The van der Waals surface area contributed by atoms with Crippen molar-refractivity contribution in [2.45, 2.75) is 56.8 Å². The van der Waals surface area contributed by atoms with Gasteiger partial charge in [-0.05, 0) is 39.5 Å². The number of carbonyl (C=O) groups is 1. The number of carbonyl (C=O) groups excluding carboxylic acids is 1. The maximum Gasteiger partial charge on any atom is 0.495 e. The topological polar surface area (TPSA) is 119 Å². The summed E-state index contributed by atoms with van der Waals surface area (Å²) in [7, 11) is -2.30. The van der Waals surface area contributed by atoms with E-state index in [4.69, 9.17) is 0 Å². The molecule has 0 aromatic carbocycles. The van der Waals surface area contributed by atoms with Crippen LogP contribution in [0.1, 0.15) is 39.5 Å². The Morgan fingerprint density at radius 1 is 1.33 bits per heavy atom. The Hall–Kier alpha value is -0.513. The van der Waals surface area contributed by atoms with Gasteiger partial charge < -0.3 is 29.5 Å². The van der Waals surface area contributed by atoms with E-state index in [0.717, 1.165) is 0 Å². The molecule has 5 N–H and O–H groups in total. The summed E-state index contributed by atoms with van der Waals surface area (Å²) >= 11 is 0. The molecule has 1 fully saturated rings. The molecule has 7 nitrogen and oxygen atoms in total. The number of nitrogens with one attached hydrogen (secondary N) is 1. The summed E-state index contributed by atoms with van der Waals surface area (Å²) in [6.07, 6.45) is 1.51. The second kappa shape index (κ2) is 6.72. The molecule has 1 saturated carbocycles. The molecule has 0 aromatic heterocycles. The minimum absolute atomic E-state index is 0.126. The van der Waals surface area contributed by atoms with Crippen LogP contribution in [0.15, 0.2) is 0 Å². The van der Waals surface area contributed by atoms with Gasteiger partial charge in [0.05, 0.1) is 11.2 Å². The van der Waals surface area contributed by atoms with Crippen molar-refractivity contribution >= 4 is 14.7 Å². The molecule has 0 bridgehead atoms. The Morgan fingerprint density at radius 3 is 2.48 bits per heavy atom. The third kappa shape index (κ3) is 5.01. The zero-order valence-corrected chi connectivity index (χ0v) is 13.9. The Bertz CT molecular complexity index is 372. The van der Waals surface area contributed by atoms with Gasteiger partial charge in [0, 0.05) is 25.6 Å². The molecule has 1 aliphatic rings. The predicted octanol–water partition coefficient (Wildman–Crippen LogP) is -0.635. The van der Waals surface area contributed by atoms with E-state index in [9.17, 15) is 24.6 Å². The van der Waals surface area contributed by atoms with Crippen LogP contribution in [0.25, 0.3) is 0 Å². The summed E-state index contributed by atoms with van der Waals surface area (Å²) in [5.74, 6) is -0.515. The largest absolute Gasteiger partial charge is 0.495 e. The first-order valence-corrected chi connectivity index (χ1v) is 9.24. The average Bonchev–Trinajstić information content (AvgIpc) is 2.37. The van der Waals surface area contributed by atoms with Crippen molar-refractivity contribution < 1.29 is 29.0 Å². The van der Waals surface area contributed by atoms with Gasteiger partial charge in [0.25, 0.3) is 0 Å². The minimum Gasteiger partial charge on any atom is -0.390 e. The maximum absolute atomic E-state index is 12.0. The van der Waals surface area contributed by atoms with Crippen LogP contribution >= 0.6 is 0 Å². The number of aliphatic hydroxyl groups is 2. The van der Waals surface area contributed by atoms with Crippen molar-refractivity contribution in [3.05, 3.63) is 0 Å². The molecular formula is C13H27NO6Si. The Morgan fingerprint density at radius 2 is 1.95 bits per heavy atom. The van der Waals surface area contributed by atoms with Gasteiger partial charge in [-0.1, -0.05) is 0 Å². The fourth-order valence-electron chi connectivity index (χ4n) is 2.53. The first-order valence-electron chi connectivity index (χ1n) is 7.23. The summed E-state index contributed by atoms with van der Waals surface area (Å²) in [6.45, 7) is 3.45. The fraction of sp³-hybridized carbons (Fsp3) is 0.923. The quantitative estimate of drug-likeness (QED) is 0.328. The molecule has 0 aromatic rings. The molecule has 3 atom stereocenters. The molecule has 3 unspecified atom stereocenters. The minimum atomic E-state index is -3.56. The fourth-order valence-corrected chi connectivity index (χ4v) is 3.37. The van der Waals surface area contributed by atoms with E-state index in [1.807, 2.05) is 0 Å². The molecule has 8 heteroatoms. The van der Waals surface area contributed by atoms with Crippen LogP contribution in [0.4, 0.5) is 0 Å². The number of amides is 1. The van der Waals surface area contributed by atoms with Gasteiger partial charge >= 0.3 is 8.80 Å². The van der Waals surface area contributed by atoms with Crippen molar-refractivity contribution in [3.63, 3.8) is 0 Å². The summed E-state index contributed by atoms with van der Waals surface area (Å²) < 4.78 is 4.59. The van der Waals surface area contributed by atoms with Crippen LogP contribution < -0.4 is 5.32 Å². The van der Waals surface area contributed by atoms with Crippen LogP contribution in [-0.4, -0.2) is 59.4 Å². The molecule has 1 amide bonds. The van der Waals surface area contributed by atoms with Crippen molar-refractivity contribution in [3.8, 4) is 0 Å². The van der Waals surface area contributed by atoms with Crippen LogP contribution in [0, 0.1) is 5.92 Å². The second-order valence-electron chi connectivity index (χ2n) is 6.33. The van der Waals surface area contributed by atoms with Crippen molar-refractivity contribution in [2.24, 2.45) is 5.92 Å². The van der Waals surface area contributed by atoms with Crippen LogP contribution in [0.2, 0.25) is 6.04 Å². The molecule has 0 radical (unpaired) electrons. The first kappa shape index (κ1) is 18.5. The lowest BCUT2D eigenvalue weighted by molar-refractivity contribution is -0.170. The van der Waals surface area contributed by atoms with Gasteiger partial charge in [-0.25, -0.2) is 0 Å². The summed E-state index contributed by atoms with van der Waals surface area (Å²) in [4.78, 5) is 30.8. The lowest BCUT2D eigenvalue weighted by Crippen LogP contribution is -2.56. The second-order valence-corrected chi connectivity index (χ2v) is 8.72. The highest BCUT2D eigenvalue weighted by Gasteiger charge is 2.48. The van der Waals surface area contributed by atoms with Gasteiger partial charge in [-0.3, -0.25) is 4.79 Å². The standard InChI is InChI=1S/C13H27NO6Si/c1-12(16)6-5-10(9-13(12,2)17)11(15)14-7-4-8-21(18,19)20-3/h10,16-19H,4-9H2,1-3H3,(H,14,15). The predicted molar refractivity (Wildman–Crippen MR) is 78.2 cm³/mol.